The summed E-state index contributed by atoms with van der Waals surface area (Å²) in [5, 5.41) is -0.00573. The minimum atomic E-state index is -3.40. The van der Waals surface area contributed by atoms with Crippen molar-refractivity contribution in [1.29, 1.82) is 0 Å². The zero-order valence-electron chi connectivity index (χ0n) is 17.7. The molecule has 2 saturated heterocycles. The van der Waals surface area contributed by atoms with Crippen LogP contribution in [0, 0.1) is 0 Å². The largest absolute Gasteiger partial charge is 0.382 e. The van der Waals surface area contributed by atoms with Gasteiger partial charge in [-0.25, -0.2) is 4.98 Å². The average Bonchev–Trinajstić information content (AvgIpc) is 3.36. The lowest BCUT2D eigenvalue weighted by Gasteiger charge is -2.26. The Morgan fingerprint density at radius 2 is 1.97 bits per heavy atom. The number of ether oxygens (including phenoxy) is 4. The van der Waals surface area contributed by atoms with Gasteiger partial charge in [0.05, 0.1) is 12.9 Å². The number of hydrogen-bond acceptors (Lipinski definition) is 11. The first-order valence-corrected chi connectivity index (χ1v) is 11.6. The molecule has 0 aliphatic carbocycles. The van der Waals surface area contributed by atoms with Gasteiger partial charge in [0.25, 0.3) is 0 Å². The van der Waals surface area contributed by atoms with Crippen molar-refractivity contribution >= 4 is 36.2 Å². The fourth-order valence-corrected chi connectivity index (χ4v) is 4.99. The third-order valence-corrected chi connectivity index (χ3v) is 7.50. The Bertz CT molecular complexity index is 1010. The maximum absolute atomic E-state index is 12.5. The van der Waals surface area contributed by atoms with Gasteiger partial charge in [0.15, 0.2) is 29.3 Å². The van der Waals surface area contributed by atoms with Crippen LogP contribution in [0.4, 0.5) is 5.82 Å². The smallest absolute Gasteiger partial charge is 0.358 e. The van der Waals surface area contributed by atoms with Gasteiger partial charge in [-0.2, -0.15) is 9.97 Å². The van der Waals surface area contributed by atoms with Gasteiger partial charge < -0.3 is 33.7 Å². The molecule has 4 heterocycles. The maximum Gasteiger partial charge on any atom is 0.358 e. The van der Waals surface area contributed by atoms with Gasteiger partial charge in [-0.15, -0.1) is 0 Å². The van der Waals surface area contributed by atoms with Crippen LogP contribution in [0.5, 0.6) is 0 Å². The second kappa shape index (κ2) is 8.20. The summed E-state index contributed by atoms with van der Waals surface area (Å²) in [4.78, 5) is 12.5. The lowest BCUT2D eigenvalue weighted by molar-refractivity contribution is -0.202. The Balaban J connectivity index is 1.60. The van der Waals surface area contributed by atoms with Crippen molar-refractivity contribution in [2.45, 2.75) is 56.9 Å². The first-order valence-electron chi connectivity index (χ1n) is 9.58. The lowest BCUT2D eigenvalue weighted by atomic mass is 10.1. The predicted octanol–water partition coefficient (Wildman–Crippen LogP) is 2.33. The summed E-state index contributed by atoms with van der Waals surface area (Å²) in [6, 6.07) is 0. The lowest BCUT2D eigenvalue weighted by Crippen LogP contribution is -2.34. The molecule has 2 aromatic heterocycles. The molecular weight excluding hydrogens is 453 g/mol. The second-order valence-corrected chi connectivity index (χ2v) is 10.5. The molecule has 2 aliphatic rings. The molecule has 12 nitrogen and oxygen atoms in total. The average molecular weight is 478 g/mol. The van der Waals surface area contributed by atoms with Crippen LogP contribution in [-0.4, -0.2) is 70.3 Å². The number of rotatable bonds is 7. The number of nitrogens with zero attached hydrogens (tertiary/aromatic N) is 4. The van der Waals surface area contributed by atoms with Crippen molar-refractivity contribution in [3.05, 3.63) is 11.6 Å². The third-order valence-electron chi connectivity index (χ3n) is 5.28. The summed E-state index contributed by atoms with van der Waals surface area (Å²) >= 11 is 5.99. The molecule has 14 heteroatoms. The fourth-order valence-electron chi connectivity index (χ4n) is 3.81. The summed E-state index contributed by atoms with van der Waals surface area (Å²) in [6.45, 7) is 5.31. The van der Waals surface area contributed by atoms with E-state index in [1.807, 2.05) is 13.8 Å². The highest BCUT2D eigenvalue weighted by Crippen LogP contribution is 2.52. The summed E-state index contributed by atoms with van der Waals surface area (Å²) in [5.41, 5.74) is 6.73. The number of halogens is 1. The van der Waals surface area contributed by atoms with Crippen molar-refractivity contribution in [2.24, 2.45) is 0 Å². The van der Waals surface area contributed by atoms with Crippen molar-refractivity contribution in [3.63, 3.8) is 0 Å². The van der Waals surface area contributed by atoms with Crippen LogP contribution in [0.3, 0.4) is 0 Å². The SMILES string of the molecule is COP(=O)(OC)C(C)OC[C@H]1O[C@@H](n2cnc3c(N)nc(Cl)nc32)[C@@H]2OC(C)(C)O[C@@H]21. The number of imidazole rings is 1. The van der Waals surface area contributed by atoms with Crippen LogP contribution < -0.4 is 5.73 Å². The Morgan fingerprint density at radius 3 is 2.65 bits per heavy atom. The van der Waals surface area contributed by atoms with E-state index in [2.05, 4.69) is 15.0 Å². The highest BCUT2D eigenvalue weighted by Gasteiger charge is 2.56. The molecule has 2 aliphatic heterocycles. The molecular formula is C17H25ClN5O7P. The van der Waals surface area contributed by atoms with E-state index in [4.69, 9.17) is 45.3 Å². The van der Waals surface area contributed by atoms with E-state index < -0.39 is 43.8 Å². The number of nitrogen functional groups attached to an aromatic ring is 1. The highest BCUT2D eigenvalue weighted by atomic mass is 35.5. The molecule has 2 aromatic rings. The summed E-state index contributed by atoms with van der Waals surface area (Å²) in [6.07, 6.45) is -0.568. The first kappa shape index (κ1) is 22.8. The molecule has 0 radical (unpaired) electrons. The third kappa shape index (κ3) is 4.07. The van der Waals surface area contributed by atoms with Gasteiger partial charge in [-0.05, 0) is 32.4 Å². The molecule has 4 rings (SSSR count). The molecule has 2 fully saturated rings. The molecule has 0 saturated carbocycles. The van der Waals surface area contributed by atoms with E-state index in [1.165, 1.54) is 14.2 Å². The van der Waals surface area contributed by atoms with Crippen LogP contribution in [-0.2, 0) is 32.6 Å². The van der Waals surface area contributed by atoms with E-state index in [1.54, 1.807) is 17.8 Å². The molecule has 0 amide bonds. The first-order chi connectivity index (χ1) is 14.6. The summed E-state index contributed by atoms with van der Waals surface area (Å²) in [5.74, 6) is -1.48. The minimum Gasteiger partial charge on any atom is -0.382 e. The molecule has 31 heavy (non-hydrogen) atoms. The monoisotopic (exact) mass is 477 g/mol. The van der Waals surface area contributed by atoms with E-state index >= 15 is 0 Å². The van der Waals surface area contributed by atoms with Gasteiger partial charge in [-0.1, -0.05) is 0 Å². The van der Waals surface area contributed by atoms with Gasteiger partial charge in [-0.3, -0.25) is 9.13 Å². The Morgan fingerprint density at radius 1 is 1.29 bits per heavy atom. The number of anilines is 1. The summed E-state index contributed by atoms with van der Waals surface area (Å²) in [7, 11) is -0.786. The van der Waals surface area contributed by atoms with E-state index in [9.17, 15) is 4.57 Å². The Hall–Kier alpha value is -1.37. The van der Waals surface area contributed by atoms with Gasteiger partial charge in [0.2, 0.25) is 5.28 Å². The van der Waals surface area contributed by atoms with E-state index in [-0.39, 0.29) is 17.7 Å². The standard InChI is InChI=1S/C17H25ClN5O7P/c1-8(31(24,25-4)26-5)27-6-9-11-12(30-17(2,3)29-11)15(28-9)23-7-20-10-13(19)21-16(18)22-14(10)23/h7-9,11-12,15H,6H2,1-5H3,(H2,19,21,22)/t8?,9-,11-,12-,15-/m1/s1. The van der Waals surface area contributed by atoms with Crippen LogP contribution in [0.1, 0.15) is 27.0 Å². The fraction of sp³-hybridized carbons (Fsp3) is 0.706. The zero-order chi connectivity index (χ0) is 22.6. The van der Waals surface area contributed by atoms with Crippen LogP contribution >= 0.6 is 19.2 Å². The number of aromatic nitrogens is 4. The van der Waals surface area contributed by atoms with Crippen LogP contribution in [0.15, 0.2) is 6.33 Å². The van der Waals surface area contributed by atoms with Gasteiger partial charge >= 0.3 is 7.60 Å². The molecule has 1 unspecified atom stereocenters. The Kier molecular flexibility index (Phi) is 6.03. The molecule has 0 spiro atoms. The van der Waals surface area contributed by atoms with Crippen molar-refractivity contribution in [2.75, 3.05) is 26.6 Å². The summed E-state index contributed by atoms with van der Waals surface area (Å²) < 4.78 is 48.4. The zero-order valence-corrected chi connectivity index (χ0v) is 19.4. The minimum absolute atomic E-state index is 0.00573. The number of hydrogen-bond donors (Lipinski definition) is 1. The topological polar surface area (TPSA) is 142 Å². The van der Waals surface area contributed by atoms with Crippen molar-refractivity contribution in [1.82, 2.24) is 19.5 Å². The van der Waals surface area contributed by atoms with E-state index in [0.29, 0.717) is 11.2 Å². The maximum atomic E-state index is 12.5. The van der Waals surface area contributed by atoms with Crippen LogP contribution in [0.2, 0.25) is 5.28 Å². The highest BCUT2D eigenvalue weighted by molar-refractivity contribution is 7.54. The quantitative estimate of drug-likeness (QED) is 0.463. The molecule has 0 aromatic carbocycles. The van der Waals surface area contributed by atoms with Gasteiger partial charge in [0.1, 0.15) is 23.8 Å². The van der Waals surface area contributed by atoms with Gasteiger partial charge in [0, 0.05) is 14.2 Å². The van der Waals surface area contributed by atoms with Crippen LogP contribution in [0.25, 0.3) is 11.2 Å². The van der Waals surface area contributed by atoms with Crippen molar-refractivity contribution in [3.8, 4) is 0 Å². The molecule has 5 atom stereocenters. The number of nitrogens with two attached hydrogens (primary N) is 1. The van der Waals surface area contributed by atoms with E-state index in [0.717, 1.165) is 0 Å². The normalized spacial score (nSPS) is 28.8. The Labute approximate surface area is 183 Å². The molecule has 2 N–H and O–H groups in total. The number of fused-ring (bicyclic) bond motifs is 2. The molecule has 172 valence electrons. The predicted molar refractivity (Wildman–Crippen MR) is 110 cm³/mol. The second-order valence-electron chi connectivity index (χ2n) is 7.67. The van der Waals surface area contributed by atoms with Crippen molar-refractivity contribution < 1.29 is 32.6 Å². The molecule has 0 bridgehead atoms.